The molecule has 0 bridgehead atoms. The van der Waals surface area contributed by atoms with Gasteiger partial charge in [0, 0.05) is 23.3 Å². The number of rotatable bonds is 8. The Labute approximate surface area is 193 Å². The number of nitrogens with zero attached hydrogens (tertiary/aromatic N) is 4. The van der Waals surface area contributed by atoms with E-state index in [2.05, 4.69) is 15.2 Å². The maximum atomic E-state index is 14.6. The number of aliphatic hydroxyl groups is 1. The molecule has 0 fully saturated rings. The first-order chi connectivity index (χ1) is 16.6. The molecule has 0 amide bonds. The van der Waals surface area contributed by atoms with Crippen molar-refractivity contribution in [3.63, 3.8) is 0 Å². The van der Waals surface area contributed by atoms with Crippen molar-refractivity contribution in [1.29, 1.82) is 0 Å². The van der Waals surface area contributed by atoms with E-state index in [0.29, 0.717) is 12.1 Å². The topological polar surface area (TPSA) is 86.2 Å². The van der Waals surface area contributed by atoms with E-state index in [9.17, 15) is 31.4 Å². The molecule has 0 radical (unpaired) electrons. The van der Waals surface area contributed by atoms with Gasteiger partial charge in [-0.1, -0.05) is 11.2 Å². The van der Waals surface area contributed by atoms with Crippen LogP contribution in [0.15, 0.2) is 47.5 Å². The standard InChI is InChI=1S/C22H16F6N4O3/c1-11(22(33,8-32-10-29-9-30-32)15-3-2-12(23)4-16(15)24)34-7-13-5-18(31-35-13)14-6-17(25)20(27)21(28)19(14)26/h2-6,9-11,33H,7-8H2,1H3. The van der Waals surface area contributed by atoms with E-state index in [-0.39, 0.29) is 23.6 Å². The zero-order valence-electron chi connectivity index (χ0n) is 17.9. The van der Waals surface area contributed by atoms with Gasteiger partial charge in [-0.05, 0) is 19.1 Å². The van der Waals surface area contributed by atoms with Crippen LogP contribution in [0.1, 0.15) is 18.2 Å². The van der Waals surface area contributed by atoms with Gasteiger partial charge < -0.3 is 14.4 Å². The van der Waals surface area contributed by atoms with Gasteiger partial charge >= 0.3 is 0 Å². The molecule has 7 nitrogen and oxygen atoms in total. The van der Waals surface area contributed by atoms with Crippen LogP contribution in [-0.2, 0) is 23.5 Å². The van der Waals surface area contributed by atoms with E-state index < -0.39 is 58.8 Å². The first-order valence-corrected chi connectivity index (χ1v) is 10.0. The van der Waals surface area contributed by atoms with Crippen LogP contribution in [0.3, 0.4) is 0 Å². The third-order valence-electron chi connectivity index (χ3n) is 5.35. The molecular formula is C22H16F6N4O3. The van der Waals surface area contributed by atoms with Crippen molar-refractivity contribution >= 4 is 0 Å². The van der Waals surface area contributed by atoms with Crippen LogP contribution < -0.4 is 0 Å². The molecule has 2 heterocycles. The SMILES string of the molecule is CC(OCc1cc(-c2cc(F)c(F)c(F)c2F)no1)C(O)(Cn1cncn1)c1ccc(F)cc1F. The van der Waals surface area contributed by atoms with Gasteiger partial charge in [0.2, 0.25) is 0 Å². The molecule has 184 valence electrons. The van der Waals surface area contributed by atoms with Crippen LogP contribution in [0.5, 0.6) is 0 Å². The molecule has 2 aromatic heterocycles. The Morgan fingerprint density at radius 3 is 2.49 bits per heavy atom. The first-order valence-electron chi connectivity index (χ1n) is 10.0. The first kappa shape index (κ1) is 24.4. The smallest absolute Gasteiger partial charge is 0.198 e. The summed E-state index contributed by atoms with van der Waals surface area (Å²) >= 11 is 0. The number of benzene rings is 2. The molecular weight excluding hydrogens is 482 g/mol. The summed E-state index contributed by atoms with van der Waals surface area (Å²) in [6.45, 7) is 0.684. The van der Waals surface area contributed by atoms with Crippen LogP contribution in [0.2, 0.25) is 0 Å². The summed E-state index contributed by atoms with van der Waals surface area (Å²) in [6, 6.07) is 4.15. The fourth-order valence-corrected chi connectivity index (χ4v) is 3.45. The predicted molar refractivity (Wildman–Crippen MR) is 106 cm³/mol. The van der Waals surface area contributed by atoms with Crippen molar-refractivity contribution in [2.75, 3.05) is 0 Å². The van der Waals surface area contributed by atoms with Gasteiger partial charge in [-0.15, -0.1) is 0 Å². The van der Waals surface area contributed by atoms with Gasteiger partial charge in [0.25, 0.3) is 0 Å². The highest BCUT2D eigenvalue weighted by Gasteiger charge is 2.40. The van der Waals surface area contributed by atoms with Crippen LogP contribution in [0.25, 0.3) is 11.3 Å². The lowest BCUT2D eigenvalue weighted by molar-refractivity contribution is -0.126. The second kappa shape index (κ2) is 9.50. The molecule has 2 atom stereocenters. The molecule has 1 N–H and O–H groups in total. The van der Waals surface area contributed by atoms with Crippen molar-refractivity contribution in [3.8, 4) is 11.3 Å². The maximum absolute atomic E-state index is 14.6. The lowest BCUT2D eigenvalue weighted by atomic mass is 9.88. The lowest BCUT2D eigenvalue weighted by Gasteiger charge is -2.34. The highest BCUT2D eigenvalue weighted by Crippen LogP contribution is 2.33. The number of halogens is 6. The summed E-state index contributed by atoms with van der Waals surface area (Å²) in [4.78, 5) is 3.76. The molecule has 0 saturated carbocycles. The Balaban J connectivity index is 1.57. The third kappa shape index (κ3) is 4.77. The van der Waals surface area contributed by atoms with Crippen LogP contribution in [-0.4, -0.2) is 31.1 Å². The van der Waals surface area contributed by atoms with E-state index >= 15 is 0 Å². The third-order valence-corrected chi connectivity index (χ3v) is 5.35. The second-order valence-electron chi connectivity index (χ2n) is 7.62. The molecule has 2 aromatic carbocycles. The van der Waals surface area contributed by atoms with Gasteiger partial charge in [0.05, 0.1) is 12.6 Å². The van der Waals surface area contributed by atoms with E-state index in [4.69, 9.17) is 9.26 Å². The van der Waals surface area contributed by atoms with Gasteiger partial charge in [-0.3, -0.25) is 0 Å². The van der Waals surface area contributed by atoms with Crippen molar-refractivity contribution in [2.45, 2.75) is 31.8 Å². The van der Waals surface area contributed by atoms with Crippen molar-refractivity contribution in [3.05, 3.63) is 89.2 Å². The van der Waals surface area contributed by atoms with E-state index in [1.807, 2.05) is 0 Å². The van der Waals surface area contributed by atoms with Crippen molar-refractivity contribution in [1.82, 2.24) is 19.9 Å². The molecule has 0 aliphatic heterocycles. The van der Waals surface area contributed by atoms with E-state index in [1.54, 1.807) is 0 Å². The summed E-state index contributed by atoms with van der Waals surface area (Å²) in [5.74, 6) is -9.18. The van der Waals surface area contributed by atoms with Crippen LogP contribution >= 0.6 is 0 Å². The fourth-order valence-electron chi connectivity index (χ4n) is 3.45. The number of aromatic nitrogens is 4. The number of hydrogen-bond acceptors (Lipinski definition) is 6. The summed E-state index contributed by atoms with van der Waals surface area (Å²) in [5, 5.41) is 18.8. The highest BCUT2D eigenvalue weighted by molar-refractivity contribution is 5.60. The average molecular weight is 498 g/mol. The molecule has 4 aromatic rings. The molecule has 2 unspecified atom stereocenters. The normalized spacial score (nSPS) is 14.2. The van der Waals surface area contributed by atoms with Crippen LogP contribution in [0, 0.1) is 34.9 Å². The highest BCUT2D eigenvalue weighted by atomic mass is 19.2. The van der Waals surface area contributed by atoms with Gasteiger partial charge in [-0.2, -0.15) is 5.10 Å². The Hall–Kier alpha value is -3.71. The molecule has 4 rings (SSSR count). The van der Waals surface area contributed by atoms with Crippen LogP contribution in [0.4, 0.5) is 26.3 Å². The average Bonchev–Trinajstić information content (AvgIpc) is 3.50. The summed E-state index contributed by atoms with van der Waals surface area (Å²) in [6.07, 6.45) is 1.30. The Morgan fingerprint density at radius 2 is 1.80 bits per heavy atom. The monoisotopic (exact) mass is 498 g/mol. The van der Waals surface area contributed by atoms with Gasteiger partial charge in [-0.25, -0.2) is 36.0 Å². The van der Waals surface area contributed by atoms with Gasteiger partial charge in [0.1, 0.15) is 42.2 Å². The molecule has 0 aliphatic carbocycles. The lowest BCUT2D eigenvalue weighted by Crippen LogP contribution is -2.44. The summed E-state index contributed by atoms with van der Waals surface area (Å²) in [5.41, 5.74) is -3.36. The minimum atomic E-state index is -2.07. The molecule has 0 spiro atoms. The minimum absolute atomic E-state index is 0.0564. The largest absolute Gasteiger partial charge is 0.380 e. The van der Waals surface area contributed by atoms with Gasteiger partial charge in [0.15, 0.2) is 29.0 Å². The Bertz CT molecular complexity index is 1350. The molecule has 0 aliphatic rings. The summed E-state index contributed by atoms with van der Waals surface area (Å²) < 4.78 is 94.1. The van der Waals surface area contributed by atoms with Crippen molar-refractivity contribution < 1.29 is 40.7 Å². The van der Waals surface area contributed by atoms with Crippen molar-refractivity contribution in [2.24, 2.45) is 0 Å². The van der Waals surface area contributed by atoms with E-state index in [0.717, 1.165) is 18.2 Å². The second-order valence-corrected chi connectivity index (χ2v) is 7.62. The number of ether oxygens (including phenoxy) is 1. The number of hydrogen-bond donors (Lipinski definition) is 1. The molecule has 13 heteroatoms. The quantitative estimate of drug-likeness (QED) is 0.222. The fraction of sp³-hybridized carbons (Fsp3) is 0.227. The Kier molecular flexibility index (Phi) is 6.63. The maximum Gasteiger partial charge on any atom is 0.198 e. The molecule has 35 heavy (non-hydrogen) atoms. The zero-order chi connectivity index (χ0) is 25.3. The minimum Gasteiger partial charge on any atom is -0.380 e. The Morgan fingerprint density at radius 1 is 1.03 bits per heavy atom. The zero-order valence-corrected chi connectivity index (χ0v) is 17.9. The van der Waals surface area contributed by atoms with E-state index in [1.165, 1.54) is 24.3 Å². The summed E-state index contributed by atoms with van der Waals surface area (Å²) in [7, 11) is 0. The molecule has 0 saturated heterocycles. The predicted octanol–water partition coefficient (Wildman–Crippen LogP) is 4.26.